The van der Waals surface area contributed by atoms with Crippen LogP contribution >= 0.6 is 6.89 Å². The summed E-state index contributed by atoms with van der Waals surface area (Å²) in [4.78, 5) is 26.0. The summed E-state index contributed by atoms with van der Waals surface area (Å²) >= 11 is 0. The fourth-order valence-corrected chi connectivity index (χ4v) is 9.58. The number of nitrogens with zero attached hydrogens (tertiary/aromatic N) is 1. The van der Waals surface area contributed by atoms with Gasteiger partial charge < -0.3 is 4.74 Å². The third kappa shape index (κ3) is 4.62. The highest BCUT2D eigenvalue weighted by Crippen LogP contribution is 2.50. The van der Waals surface area contributed by atoms with Crippen molar-refractivity contribution in [2.45, 2.75) is 18.9 Å². The quantitative estimate of drug-likeness (QED) is 0.152. The SMILES string of the molecule is COC(=O)C(C(c1ccccc1)C(C)[N+](=O)[O-])=P(c1ccccc1)(c1ccccc1)c1ccccc1. The molecule has 0 spiro atoms. The van der Waals surface area contributed by atoms with Crippen molar-refractivity contribution in [1.29, 1.82) is 0 Å². The first-order valence-corrected chi connectivity index (χ1v) is 13.5. The standard InChI is InChI=1S/C30H28NO4P/c1-23(31(33)34)28(24-15-7-3-8-16-24)29(30(32)35-2)36(25-17-9-4-10-18-25,26-19-11-5-12-20-26)27-21-13-6-14-22-27/h3-23,28H,1-2H3. The Kier molecular flexibility index (Phi) is 7.82. The van der Waals surface area contributed by atoms with Crippen molar-refractivity contribution in [3.8, 4) is 0 Å². The third-order valence-electron chi connectivity index (χ3n) is 6.45. The number of nitro groups is 1. The van der Waals surface area contributed by atoms with Crippen LogP contribution in [0.1, 0.15) is 18.4 Å². The lowest BCUT2D eigenvalue weighted by Crippen LogP contribution is -2.41. The van der Waals surface area contributed by atoms with Gasteiger partial charge in [0, 0.05) is 11.8 Å². The Hall–Kier alpha value is -3.95. The summed E-state index contributed by atoms with van der Waals surface area (Å²) in [6.45, 7) is -1.35. The van der Waals surface area contributed by atoms with E-state index in [1.54, 1.807) is 6.92 Å². The molecular weight excluding hydrogens is 469 g/mol. The largest absolute Gasteiger partial charge is 0.466 e. The minimum atomic E-state index is -2.91. The zero-order valence-electron chi connectivity index (χ0n) is 20.2. The number of rotatable bonds is 8. The molecule has 0 saturated heterocycles. The minimum Gasteiger partial charge on any atom is -0.466 e. The van der Waals surface area contributed by atoms with Crippen LogP contribution in [0.15, 0.2) is 121 Å². The smallest absolute Gasteiger partial charge is 0.335 e. The van der Waals surface area contributed by atoms with E-state index >= 15 is 0 Å². The Morgan fingerprint density at radius 3 is 1.42 bits per heavy atom. The predicted octanol–water partition coefficient (Wildman–Crippen LogP) is 4.77. The third-order valence-corrected chi connectivity index (χ3v) is 10.9. The molecule has 0 radical (unpaired) electrons. The van der Waals surface area contributed by atoms with Gasteiger partial charge in [0.15, 0.2) is 0 Å². The van der Waals surface area contributed by atoms with Crippen molar-refractivity contribution in [3.63, 3.8) is 0 Å². The van der Waals surface area contributed by atoms with Crippen molar-refractivity contribution >= 4 is 34.1 Å². The van der Waals surface area contributed by atoms with Crippen molar-refractivity contribution in [2.75, 3.05) is 7.11 Å². The second-order valence-electron chi connectivity index (χ2n) is 8.47. The summed E-state index contributed by atoms with van der Waals surface area (Å²) < 4.78 is 5.44. The van der Waals surface area contributed by atoms with E-state index < -0.39 is 24.8 Å². The van der Waals surface area contributed by atoms with Crippen LogP contribution in [0.4, 0.5) is 0 Å². The predicted molar refractivity (Wildman–Crippen MR) is 148 cm³/mol. The van der Waals surface area contributed by atoms with Crippen LogP contribution in [-0.4, -0.2) is 29.3 Å². The fourth-order valence-electron chi connectivity index (χ4n) is 4.84. The molecule has 0 amide bonds. The number of carbonyl (C=O) groups is 1. The van der Waals surface area contributed by atoms with E-state index in [2.05, 4.69) is 0 Å². The zero-order chi connectivity index (χ0) is 25.5. The molecule has 2 unspecified atom stereocenters. The van der Waals surface area contributed by atoms with E-state index in [1.807, 2.05) is 121 Å². The Labute approximate surface area is 211 Å². The van der Waals surface area contributed by atoms with Gasteiger partial charge in [-0.2, -0.15) is 0 Å². The molecule has 0 bridgehead atoms. The van der Waals surface area contributed by atoms with Gasteiger partial charge in [-0.05, 0) is 28.4 Å². The summed E-state index contributed by atoms with van der Waals surface area (Å²) in [5.41, 5.74) is 0.703. The highest BCUT2D eigenvalue weighted by Gasteiger charge is 2.43. The van der Waals surface area contributed by atoms with E-state index in [-0.39, 0.29) is 4.92 Å². The van der Waals surface area contributed by atoms with Crippen molar-refractivity contribution < 1.29 is 14.5 Å². The highest BCUT2D eigenvalue weighted by molar-refractivity contribution is 7.96. The molecule has 0 aliphatic carbocycles. The van der Waals surface area contributed by atoms with Crippen LogP contribution < -0.4 is 15.9 Å². The Bertz CT molecular complexity index is 1270. The van der Waals surface area contributed by atoms with Crippen LogP contribution in [0.2, 0.25) is 0 Å². The molecule has 0 aliphatic heterocycles. The number of ether oxygens (including phenoxy) is 1. The maximum atomic E-state index is 14.0. The first-order valence-electron chi connectivity index (χ1n) is 11.7. The first kappa shape index (κ1) is 25.2. The van der Waals surface area contributed by atoms with Crippen LogP contribution in [-0.2, 0) is 9.53 Å². The number of benzene rings is 4. The average Bonchev–Trinajstić information content (AvgIpc) is 2.94. The lowest BCUT2D eigenvalue weighted by Gasteiger charge is -2.35. The van der Waals surface area contributed by atoms with Gasteiger partial charge in [0.2, 0.25) is 6.04 Å². The van der Waals surface area contributed by atoms with Gasteiger partial charge in [0.25, 0.3) is 0 Å². The molecule has 0 heterocycles. The Balaban J connectivity index is 2.33. The van der Waals surface area contributed by atoms with E-state index in [0.29, 0.717) is 10.9 Å². The second-order valence-corrected chi connectivity index (χ2v) is 11.8. The number of methoxy groups -OCH3 is 1. The van der Waals surface area contributed by atoms with Gasteiger partial charge in [-0.1, -0.05) is 121 Å². The molecule has 6 heteroatoms. The molecule has 0 N–H and O–H groups in total. The molecule has 0 aliphatic rings. The maximum absolute atomic E-state index is 14.0. The van der Waals surface area contributed by atoms with E-state index in [4.69, 9.17) is 4.74 Å². The molecule has 4 aromatic rings. The van der Waals surface area contributed by atoms with Gasteiger partial charge in [0.1, 0.15) is 0 Å². The molecule has 4 rings (SSSR count). The summed E-state index contributed by atoms with van der Waals surface area (Å²) in [5, 5.41) is 15.5. The van der Waals surface area contributed by atoms with E-state index in [0.717, 1.165) is 15.9 Å². The summed E-state index contributed by atoms with van der Waals surface area (Å²) in [6, 6.07) is 37.7. The first-order chi connectivity index (χ1) is 17.5. The summed E-state index contributed by atoms with van der Waals surface area (Å²) in [6.07, 6.45) is 0. The average molecular weight is 498 g/mol. The Morgan fingerprint density at radius 1 is 0.722 bits per heavy atom. The van der Waals surface area contributed by atoms with Gasteiger partial charge >= 0.3 is 5.97 Å². The van der Waals surface area contributed by atoms with Gasteiger partial charge in [-0.3, -0.25) is 10.1 Å². The minimum absolute atomic E-state index is 0.309. The van der Waals surface area contributed by atoms with Gasteiger partial charge in [0.05, 0.1) is 18.3 Å². The number of carbonyl (C=O) groups excluding carboxylic acids is 1. The maximum Gasteiger partial charge on any atom is 0.335 e. The molecule has 4 aromatic carbocycles. The topological polar surface area (TPSA) is 69.4 Å². The molecule has 0 saturated carbocycles. The second kappa shape index (κ2) is 11.2. The van der Waals surface area contributed by atoms with Crippen LogP contribution in [0.25, 0.3) is 0 Å². The highest BCUT2D eigenvalue weighted by atomic mass is 31.2. The number of hydrogen-bond donors (Lipinski definition) is 0. The fraction of sp³-hybridized carbons (Fsp3) is 0.133. The monoisotopic (exact) mass is 497 g/mol. The number of esters is 1. The van der Waals surface area contributed by atoms with Crippen LogP contribution in [0.5, 0.6) is 0 Å². The van der Waals surface area contributed by atoms with Crippen molar-refractivity contribution in [1.82, 2.24) is 0 Å². The molecule has 182 valence electrons. The van der Waals surface area contributed by atoms with Crippen molar-refractivity contribution in [2.24, 2.45) is 0 Å². The van der Waals surface area contributed by atoms with E-state index in [1.165, 1.54) is 7.11 Å². The summed E-state index contributed by atoms with van der Waals surface area (Å²) in [7, 11) is 1.34. The zero-order valence-corrected chi connectivity index (χ0v) is 21.1. The normalized spacial score (nSPS) is 12.8. The molecule has 36 heavy (non-hydrogen) atoms. The molecule has 0 fully saturated rings. The van der Waals surface area contributed by atoms with Crippen LogP contribution in [0.3, 0.4) is 0 Å². The van der Waals surface area contributed by atoms with Crippen LogP contribution in [0, 0.1) is 10.1 Å². The van der Waals surface area contributed by atoms with Gasteiger partial charge in [-0.25, -0.2) is 4.79 Å². The molecular formula is C30H28NO4P. The Morgan fingerprint density at radius 2 is 1.08 bits per heavy atom. The van der Waals surface area contributed by atoms with E-state index in [9.17, 15) is 14.9 Å². The molecule has 0 aromatic heterocycles. The van der Waals surface area contributed by atoms with Gasteiger partial charge in [-0.15, -0.1) is 0 Å². The molecule has 5 nitrogen and oxygen atoms in total. The number of hydrogen-bond acceptors (Lipinski definition) is 4. The lowest BCUT2D eigenvalue weighted by atomic mass is 9.89. The van der Waals surface area contributed by atoms with Crippen molar-refractivity contribution in [3.05, 3.63) is 137 Å². The lowest BCUT2D eigenvalue weighted by molar-refractivity contribution is -0.519. The molecule has 2 atom stereocenters. The summed E-state index contributed by atoms with van der Waals surface area (Å²) in [5.74, 6) is -1.36.